The highest BCUT2D eigenvalue weighted by atomic mass is 16.5. The maximum Gasteiger partial charge on any atom is 0.312 e. The molecule has 6 rings (SSSR count). The molecule has 0 spiro atoms. The van der Waals surface area contributed by atoms with E-state index in [1.54, 1.807) is 12.1 Å². The fourth-order valence-electron chi connectivity index (χ4n) is 5.80. The molecule has 0 N–H and O–H groups in total. The number of carbonyl (C=O) groups excluding carboxylic acids is 3. The summed E-state index contributed by atoms with van der Waals surface area (Å²) in [6.07, 6.45) is 6.51. The highest BCUT2D eigenvalue weighted by Gasteiger charge is 2.66. The van der Waals surface area contributed by atoms with Crippen molar-refractivity contribution in [3.05, 3.63) is 42.0 Å². The second kappa shape index (κ2) is 6.79. The van der Waals surface area contributed by atoms with Gasteiger partial charge in [0, 0.05) is 6.54 Å². The lowest BCUT2D eigenvalue weighted by Gasteiger charge is -2.37. The first-order valence-corrected chi connectivity index (χ1v) is 11.2. The van der Waals surface area contributed by atoms with E-state index in [1.807, 2.05) is 12.1 Å². The van der Waals surface area contributed by atoms with Crippen molar-refractivity contribution in [1.82, 2.24) is 4.90 Å². The van der Waals surface area contributed by atoms with Crippen molar-refractivity contribution in [2.45, 2.75) is 45.4 Å². The predicted molar refractivity (Wildman–Crippen MR) is 111 cm³/mol. The minimum absolute atomic E-state index is 0.0226. The fraction of sp³-hybridized carbons (Fsp3) is 0.560. The molecule has 3 fully saturated rings. The number of allylic oxidation sites excluding steroid dienone is 2. The van der Waals surface area contributed by atoms with Crippen LogP contribution in [-0.2, 0) is 19.8 Å². The molecule has 5 nitrogen and oxygen atoms in total. The summed E-state index contributed by atoms with van der Waals surface area (Å²) in [5.74, 6) is 1.08. The lowest BCUT2D eigenvalue weighted by Crippen LogP contribution is -2.40. The van der Waals surface area contributed by atoms with Gasteiger partial charge in [0.25, 0.3) is 0 Å². The first-order valence-electron chi connectivity index (χ1n) is 11.2. The number of rotatable bonds is 6. The van der Waals surface area contributed by atoms with E-state index in [9.17, 15) is 14.4 Å². The molecule has 1 aromatic rings. The van der Waals surface area contributed by atoms with Gasteiger partial charge in [-0.05, 0) is 59.6 Å². The van der Waals surface area contributed by atoms with Crippen LogP contribution in [0.4, 0.5) is 0 Å². The standard InChI is InChI=1S/C25H29NO4/c1-4-25(2,3)14-5-7-15(8-6-14)30-20(27)11-12-26-23(28)21-16-9-10-17(19-13-18(16)19)22(21)24(26)29/h5-10,16-19,21-22H,4,11-13H2,1-3H3/t16-,17+,18-,19-,21+,22+/m1/s1. The van der Waals surface area contributed by atoms with Crippen LogP contribution in [0, 0.1) is 35.5 Å². The quantitative estimate of drug-likeness (QED) is 0.312. The molecule has 5 aliphatic rings. The summed E-state index contributed by atoms with van der Waals surface area (Å²) in [6, 6.07) is 7.58. The van der Waals surface area contributed by atoms with Gasteiger partial charge in [-0.2, -0.15) is 0 Å². The molecule has 0 unspecified atom stereocenters. The summed E-state index contributed by atoms with van der Waals surface area (Å²) in [5.41, 5.74) is 1.27. The van der Waals surface area contributed by atoms with E-state index in [4.69, 9.17) is 4.74 Å². The zero-order valence-electron chi connectivity index (χ0n) is 17.8. The van der Waals surface area contributed by atoms with Crippen LogP contribution in [0.3, 0.4) is 0 Å². The molecule has 2 bridgehead atoms. The Morgan fingerprint density at radius 2 is 1.60 bits per heavy atom. The average Bonchev–Trinajstić information content (AvgIpc) is 3.52. The van der Waals surface area contributed by atoms with Gasteiger partial charge in [0.05, 0.1) is 18.3 Å². The third-order valence-electron chi connectivity index (χ3n) is 8.04. The van der Waals surface area contributed by atoms with Crippen LogP contribution < -0.4 is 4.74 Å². The molecule has 0 aromatic heterocycles. The Bertz CT molecular complexity index is 895. The average molecular weight is 408 g/mol. The van der Waals surface area contributed by atoms with Crippen LogP contribution in [-0.4, -0.2) is 29.2 Å². The highest BCUT2D eigenvalue weighted by Crippen LogP contribution is 2.65. The minimum atomic E-state index is -0.420. The van der Waals surface area contributed by atoms with Gasteiger partial charge in [-0.15, -0.1) is 0 Å². The number of likely N-dealkylation sites (tertiary alicyclic amines) is 1. The van der Waals surface area contributed by atoms with Crippen LogP contribution in [0.5, 0.6) is 5.75 Å². The number of ether oxygens (including phenoxy) is 1. The van der Waals surface area contributed by atoms with Crippen molar-refractivity contribution in [2.75, 3.05) is 6.54 Å². The zero-order valence-corrected chi connectivity index (χ0v) is 17.8. The van der Waals surface area contributed by atoms with Crippen LogP contribution in [0.15, 0.2) is 36.4 Å². The molecule has 1 saturated heterocycles. The summed E-state index contributed by atoms with van der Waals surface area (Å²) in [6.45, 7) is 6.62. The maximum atomic E-state index is 13.0. The molecular formula is C25H29NO4. The molecule has 2 saturated carbocycles. The van der Waals surface area contributed by atoms with Crippen LogP contribution in [0.25, 0.3) is 0 Å². The van der Waals surface area contributed by atoms with E-state index in [-0.39, 0.29) is 53.9 Å². The lowest BCUT2D eigenvalue weighted by atomic mass is 9.63. The van der Waals surface area contributed by atoms with Crippen molar-refractivity contribution in [1.29, 1.82) is 0 Å². The van der Waals surface area contributed by atoms with Crippen LogP contribution in [0.2, 0.25) is 0 Å². The number of hydrogen-bond acceptors (Lipinski definition) is 4. The number of esters is 1. The molecule has 30 heavy (non-hydrogen) atoms. The van der Waals surface area contributed by atoms with E-state index in [1.165, 1.54) is 10.5 Å². The van der Waals surface area contributed by atoms with Crippen molar-refractivity contribution in [3.63, 3.8) is 0 Å². The Morgan fingerprint density at radius 3 is 2.13 bits per heavy atom. The fourth-order valence-corrected chi connectivity index (χ4v) is 5.80. The second-order valence-electron chi connectivity index (χ2n) is 9.97. The summed E-state index contributed by atoms with van der Waals surface area (Å²) < 4.78 is 5.44. The number of imide groups is 1. The first kappa shape index (κ1) is 19.5. The number of nitrogens with zero attached hydrogens (tertiary/aromatic N) is 1. The van der Waals surface area contributed by atoms with E-state index < -0.39 is 5.97 Å². The van der Waals surface area contributed by atoms with Crippen molar-refractivity contribution < 1.29 is 19.1 Å². The largest absolute Gasteiger partial charge is 0.426 e. The Kier molecular flexibility index (Phi) is 4.42. The highest BCUT2D eigenvalue weighted by molar-refractivity contribution is 6.06. The second-order valence-corrected chi connectivity index (χ2v) is 9.97. The molecule has 6 atom stereocenters. The lowest BCUT2D eigenvalue weighted by molar-refractivity contribution is -0.141. The van der Waals surface area contributed by atoms with Gasteiger partial charge >= 0.3 is 5.97 Å². The molecule has 5 heteroatoms. The molecule has 1 aromatic carbocycles. The molecule has 1 heterocycles. The molecule has 2 amide bonds. The SMILES string of the molecule is CCC(C)(C)c1ccc(OC(=O)CCN2C(=O)[C@H]3[C@@H]4C=C[C@@H]([C@H]5C[C@H]45)[C@@H]3C2=O)cc1. The van der Waals surface area contributed by atoms with E-state index in [0.717, 1.165) is 12.8 Å². The molecule has 4 aliphatic carbocycles. The van der Waals surface area contributed by atoms with E-state index >= 15 is 0 Å². The first-order chi connectivity index (χ1) is 14.3. The van der Waals surface area contributed by atoms with Gasteiger partial charge in [0.1, 0.15) is 5.75 Å². The topological polar surface area (TPSA) is 63.7 Å². The van der Waals surface area contributed by atoms with Gasteiger partial charge in [0.2, 0.25) is 11.8 Å². The van der Waals surface area contributed by atoms with Gasteiger partial charge in [-0.1, -0.05) is 45.1 Å². The van der Waals surface area contributed by atoms with Gasteiger partial charge in [-0.25, -0.2) is 0 Å². The van der Waals surface area contributed by atoms with Crippen LogP contribution in [0.1, 0.15) is 45.6 Å². The van der Waals surface area contributed by atoms with Crippen molar-refractivity contribution in [2.24, 2.45) is 35.5 Å². The van der Waals surface area contributed by atoms with E-state index in [0.29, 0.717) is 17.6 Å². The summed E-state index contributed by atoms with van der Waals surface area (Å²) in [5, 5.41) is 0. The third kappa shape index (κ3) is 2.93. The van der Waals surface area contributed by atoms with E-state index in [2.05, 4.69) is 32.9 Å². The minimum Gasteiger partial charge on any atom is -0.426 e. The van der Waals surface area contributed by atoms with Crippen LogP contribution >= 0.6 is 0 Å². The Labute approximate surface area is 177 Å². The Morgan fingerprint density at radius 1 is 1.03 bits per heavy atom. The predicted octanol–water partition coefficient (Wildman–Crippen LogP) is 3.72. The molecule has 158 valence electrons. The van der Waals surface area contributed by atoms with Crippen molar-refractivity contribution >= 4 is 17.8 Å². The smallest absolute Gasteiger partial charge is 0.312 e. The normalized spacial score (nSPS) is 33.5. The van der Waals surface area contributed by atoms with Gasteiger partial charge in [0.15, 0.2) is 0 Å². The summed E-state index contributed by atoms with van der Waals surface area (Å²) in [7, 11) is 0. The van der Waals surface area contributed by atoms with Gasteiger partial charge < -0.3 is 4.74 Å². The number of carbonyl (C=O) groups is 3. The third-order valence-corrected chi connectivity index (χ3v) is 8.04. The molecule has 0 radical (unpaired) electrons. The monoisotopic (exact) mass is 407 g/mol. The van der Waals surface area contributed by atoms with Gasteiger partial charge in [-0.3, -0.25) is 19.3 Å². The number of hydrogen-bond donors (Lipinski definition) is 0. The zero-order chi connectivity index (χ0) is 21.2. The summed E-state index contributed by atoms with van der Waals surface area (Å²) in [4.78, 5) is 39.6. The summed E-state index contributed by atoms with van der Waals surface area (Å²) >= 11 is 0. The molecular weight excluding hydrogens is 378 g/mol. The molecule has 1 aliphatic heterocycles. The Balaban J connectivity index is 1.19. The maximum absolute atomic E-state index is 13.0. The number of benzene rings is 1. The number of amides is 2. The Hall–Kier alpha value is -2.43. The van der Waals surface area contributed by atoms with Crippen molar-refractivity contribution in [3.8, 4) is 5.75 Å².